The number of hydrogen-bond donors (Lipinski definition) is 0. The molecule has 0 fully saturated rings. The van der Waals surface area contributed by atoms with E-state index in [1.54, 1.807) is 13.2 Å². The zero-order chi connectivity index (χ0) is 34.4. The highest BCUT2D eigenvalue weighted by atomic mass is 35.5. The Labute approximate surface area is 259 Å². The number of benzene rings is 2. The molecule has 18 heteroatoms. The van der Waals surface area contributed by atoms with E-state index in [2.05, 4.69) is 20.2 Å². The van der Waals surface area contributed by atoms with Crippen molar-refractivity contribution in [2.24, 2.45) is 19.1 Å². The fraction of sp³-hybridized carbons (Fsp3) is 0.296. The number of carbonyl (C=O) groups excluding carboxylic acids is 1. The number of ether oxygens (including phenoxy) is 2. The monoisotopic (exact) mass is 649 g/mol. The van der Waals surface area contributed by atoms with Gasteiger partial charge in [0, 0.05) is 37.3 Å². The van der Waals surface area contributed by atoms with Crippen LogP contribution in [0.5, 0.6) is 0 Å². The second-order valence-electron chi connectivity index (χ2n) is 9.87. The largest absolute Gasteiger partial charge is 0.510 e. The highest BCUT2D eigenvalue weighted by Crippen LogP contribution is 2.29. The third-order valence-corrected chi connectivity index (χ3v) is 6.37. The molecule has 0 aliphatic carbocycles. The molecule has 0 N–H and O–H groups in total. The van der Waals surface area contributed by atoms with Crippen molar-refractivity contribution in [3.8, 4) is 0 Å². The fourth-order valence-corrected chi connectivity index (χ4v) is 4.32. The molecule has 0 amide bonds. The first-order chi connectivity index (χ1) is 22.1. The maximum atomic E-state index is 15.1. The Morgan fingerprint density at radius 3 is 2.40 bits per heavy atom. The number of halogens is 4. The summed E-state index contributed by atoms with van der Waals surface area (Å²) >= 11 is 6.47. The van der Waals surface area contributed by atoms with Crippen molar-refractivity contribution in [2.75, 3.05) is 0 Å². The summed E-state index contributed by atoms with van der Waals surface area (Å²) < 4.78 is 75.3. The SMILES string of the molecule is [2H]C([2H])(c1cc(F)c(F)cc1F)n1c(=O)n(Cc2ncn(C)n2)c(=O)n(COC(=O)OC(C)C)c1=Nc1cc2cn(C)nc2cc1Cl. The van der Waals surface area contributed by atoms with Crippen LogP contribution >= 0.6 is 11.6 Å². The minimum atomic E-state index is -3.38. The van der Waals surface area contributed by atoms with Crippen LogP contribution in [0.3, 0.4) is 0 Å². The smallest absolute Gasteiger partial charge is 0.432 e. The van der Waals surface area contributed by atoms with Crippen LogP contribution in [0.2, 0.25) is 5.02 Å². The van der Waals surface area contributed by atoms with E-state index >= 15 is 4.39 Å². The number of rotatable bonds is 8. The molecule has 45 heavy (non-hydrogen) atoms. The van der Waals surface area contributed by atoms with Crippen LogP contribution in [-0.2, 0) is 43.3 Å². The molecule has 236 valence electrons. The lowest BCUT2D eigenvalue weighted by Gasteiger charge is -2.17. The Kier molecular flexibility index (Phi) is 7.89. The van der Waals surface area contributed by atoms with Gasteiger partial charge >= 0.3 is 17.5 Å². The van der Waals surface area contributed by atoms with E-state index in [0.29, 0.717) is 20.0 Å². The van der Waals surface area contributed by atoms with Crippen LogP contribution in [0.15, 0.2) is 51.4 Å². The van der Waals surface area contributed by atoms with Gasteiger partial charge in [0.05, 0.1) is 38.1 Å². The molecular weight excluding hydrogens is 623 g/mol. The molecule has 14 nitrogen and oxygen atoms in total. The molecule has 0 aliphatic heterocycles. The van der Waals surface area contributed by atoms with Crippen molar-refractivity contribution < 1.29 is 30.2 Å². The number of hydrogen-bond acceptors (Lipinski definition) is 9. The highest BCUT2D eigenvalue weighted by Gasteiger charge is 2.21. The van der Waals surface area contributed by atoms with Crippen molar-refractivity contribution in [1.29, 1.82) is 0 Å². The van der Waals surface area contributed by atoms with Gasteiger partial charge in [-0.25, -0.2) is 46.7 Å². The molecule has 0 radical (unpaired) electrons. The topological polar surface area (TPSA) is 145 Å². The van der Waals surface area contributed by atoms with Gasteiger partial charge in [0.1, 0.15) is 12.1 Å². The molecule has 0 saturated carbocycles. The van der Waals surface area contributed by atoms with Gasteiger partial charge in [0.25, 0.3) is 0 Å². The molecule has 5 aromatic rings. The molecule has 0 unspecified atom stereocenters. The zero-order valence-corrected chi connectivity index (χ0v) is 24.8. The van der Waals surface area contributed by atoms with Gasteiger partial charge < -0.3 is 9.47 Å². The molecule has 0 saturated heterocycles. The first kappa shape index (κ1) is 28.6. The Morgan fingerprint density at radius 1 is 1.00 bits per heavy atom. The molecule has 0 bridgehead atoms. The second-order valence-corrected chi connectivity index (χ2v) is 10.3. The lowest BCUT2D eigenvalue weighted by Crippen LogP contribution is -2.55. The summed E-state index contributed by atoms with van der Waals surface area (Å²) in [6, 6.07) is 3.15. The maximum absolute atomic E-state index is 15.1. The number of aromatic nitrogens is 8. The van der Waals surface area contributed by atoms with Gasteiger partial charge in [-0.2, -0.15) is 10.2 Å². The van der Waals surface area contributed by atoms with Gasteiger partial charge in [0.15, 0.2) is 24.2 Å². The average Bonchev–Trinajstić information content (AvgIpc) is 3.55. The molecule has 3 aromatic heterocycles. The maximum Gasteiger partial charge on any atom is 0.510 e. The van der Waals surface area contributed by atoms with Crippen molar-refractivity contribution >= 4 is 34.3 Å². The summed E-state index contributed by atoms with van der Waals surface area (Å²) in [6.45, 7) is -1.98. The van der Waals surface area contributed by atoms with Crippen molar-refractivity contribution in [2.45, 2.75) is 39.7 Å². The lowest BCUT2D eigenvalue weighted by atomic mass is 10.2. The summed E-state index contributed by atoms with van der Waals surface area (Å²) in [4.78, 5) is 48.7. The third kappa shape index (κ3) is 6.67. The van der Waals surface area contributed by atoms with E-state index in [-0.39, 0.29) is 33.2 Å². The molecule has 0 spiro atoms. The van der Waals surface area contributed by atoms with E-state index in [9.17, 15) is 23.2 Å². The van der Waals surface area contributed by atoms with Gasteiger partial charge in [-0.05, 0) is 32.0 Å². The van der Waals surface area contributed by atoms with Gasteiger partial charge in [-0.3, -0.25) is 13.9 Å². The Morgan fingerprint density at radius 2 is 1.71 bits per heavy atom. The van der Waals surface area contributed by atoms with E-state index < -0.39 is 72.0 Å². The first-order valence-corrected chi connectivity index (χ1v) is 13.4. The zero-order valence-electron chi connectivity index (χ0n) is 26.0. The minimum absolute atomic E-state index is 0.0664. The van der Waals surface area contributed by atoms with Crippen LogP contribution in [0.4, 0.5) is 23.7 Å². The van der Waals surface area contributed by atoms with Crippen molar-refractivity contribution in [3.05, 3.63) is 97.2 Å². The molecule has 3 heterocycles. The van der Waals surface area contributed by atoms with Crippen LogP contribution in [0, 0.1) is 17.5 Å². The van der Waals surface area contributed by atoms with Crippen LogP contribution in [-0.4, -0.2) is 50.5 Å². The number of fused-ring (bicyclic) bond motifs is 1. The second kappa shape index (κ2) is 12.4. The number of nitrogens with zero attached hydrogens (tertiary/aromatic N) is 9. The average molecular weight is 650 g/mol. The first-order valence-electron chi connectivity index (χ1n) is 14.0. The van der Waals surface area contributed by atoms with Gasteiger partial charge in [-0.1, -0.05) is 11.6 Å². The highest BCUT2D eigenvalue weighted by molar-refractivity contribution is 6.33. The van der Waals surface area contributed by atoms with Crippen molar-refractivity contribution in [1.82, 2.24) is 38.2 Å². The van der Waals surface area contributed by atoms with Crippen LogP contribution < -0.4 is 17.0 Å². The standard InChI is InChI=1S/C27H25ClF3N9O5/c1-14(2)45-27(43)44-13-40-24(33-22-6-16-9-36(3)34-21(16)7-17(22)28)38(10-15-5-19(30)20(31)8-18(15)29)25(41)39(26(40)42)11-23-32-12-37(4)35-23/h5-9,12,14H,10-11,13H2,1-4H3/i10D2. The summed E-state index contributed by atoms with van der Waals surface area (Å²) in [5, 5.41) is 8.70. The normalized spacial score (nSPS) is 13.0. The molecule has 2 aromatic carbocycles. The van der Waals surface area contributed by atoms with Crippen LogP contribution in [0.25, 0.3) is 10.9 Å². The van der Waals surface area contributed by atoms with Gasteiger partial charge in [0.2, 0.25) is 5.62 Å². The Balaban J connectivity index is 1.89. The quantitative estimate of drug-likeness (QED) is 0.184. The summed E-state index contributed by atoms with van der Waals surface area (Å²) in [6.07, 6.45) is 1.00. The van der Waals surface area contributed by atoms with E-state index in [4.69, 9.17) is 23.8 Å². The number of carbonyl (C=O) groups is 1. The molecular formula is C27H25ClF3N9O5. The third-order valence-electron chi connectivity index (χ3n) is 6.07. The fourth-order valence-electron chi connectivity index (χ4n) is 4.12. The van der Waals surface area contributed by atoms with Gasteiger partial charge in [-0.15, -0.1) is 0 Å². The predicted molar refractivity (Wildman–Crippen MR) is 152 cm³/mol. The summed E-state index contributed by atoms with van der Waals surface area (Å²) in [5.41, 5.74) is -4.30. The molecule has 0 aliphatic rings. The number of aryl methyl sites for hydroxylation is 2. The van der Waals surface area contributed by atoms with E-state index in [1.807, 2.05) is 0 Å². The minimum Gasteiger partial charge on any atom is -0.432 e. The van der Waals surface area contributed by atoms with Crippen molar-refractivity contribution in [3.63, 3.8) is 0 Å². The molecule has 5 rings (SSSR count). The summed E-state index contributed by atoms with van der Waals surface area (Å²) in [7, 11) is 3.16. The summed E-state index contributed by atoms with van der Waals surface area (Å²) in [5.74, 6) is -4.87. The molecule has 0 atom stereocenters. The lowest BCUT2D eigenvalue weighted by molar-refractivity contribution is 0.0129. The van der Waals surface area contributed by atoms with E-state index in [1.165, 1.54) is 48.7 Å². The Hall–Kier alpha value is -5.19. The van der Waals surface area contributed by atoms with Crippen LogP contribution in [0.1, 0.15) is 28.0 Å². The Bertz CT molecular complexity index is 2230. The predicted octanol–water partition coefficient (Wildman–Crippen LogP) is 2.75. The van der Waals surface area contributed by atoms with E-state index in [0.717, 1.165) is 0 Å².